The van der Waals surface area contributed by atoms with Crippen molar-refractivity contribution in [3.63, 3.8) is 0 Å². The second kappa shape index (κ2) is 8.52. The van der Waals surface area contributed by atoms with Gasteiger partial charge in [-0.1, -0.05) is 12.1 Å². The highest BCUT2D eigenvalue weighted by atomic mass is 16.5. The van der Waals surface area contributed by atoms with E-state index in [9.17, 15) is 9.59 Å². The fourth-order valence-corrected chi connectivity index (χ4v) is 3.09. The molecule has 1 aliphatic rings. The van der Waals surface area contributed by atoms with Crippen LogP contribution in [0.4, 0.5) is 0 Å². The first-order valence-electron chi connectivity index (χ1n) is 9.01. The van der Waals surface area contributed by atoms with Crippen LogP contribution in [0.3, 0.4) is 0 Å². The van der Waals surface area contributed by atoms with Crippen LogP contribution in [0.25, 0.3) is 0 Å². The topological polar surface area (TPSA) is 67.4 Å². The summed E-state index contributed by atoms with van der Waals surface area (Å²) < 4.78 is 5.91. The lowest BCUT2D eigenvalue weighted by molar-refractivity contribution is 0.0946. The van der Waals surface area contributed by atoms with E-state index in [-0.39, 0.29) is 11.8 Å². The van der Waals surface area contributed by atoms with Crippen LogP contribution in [0, 0.1) is 0 Å². The van der Waals surface area contributed by atoms with Crippen molar-refractivity contribution in [2.45, 2.75) is 38.3 Å². The van der Waals surface area contributed by atoms with E-state index in [0.29, 0.717) is 23.8 Å². The molecule has 0 aromatic heterocycles. The van der Waals surface area contributed by atoms with E-state index >= 15 is 0 Å². The smallest absolute Gasteiger partial charge is 0.251 e. The van der Waals surface area contributed by atoms with Gasteiger partial charge < -0.3 is 15.4 Å². The fourth-order valence-electron chi connectivity index (χ4n) is 3.09. The van der Waals surface area contributed by atoms with Crippen molar-refractivity contribution in [2.75, 3.05) is 7.05 Å². The largest absolute Gasteiger partial charge is 0.490 e. The van der Waals surface area contributed by atoms with Gasteiger partial charge in [0.05, 0.1) is 6.10 Å². The van der Waals surface area contributed by atoms with Gasteiger partial charge in [0, 0.05) is 24.7 Å². The predicted molar refractivity (Wildman–Crippen MR) is 100 cm³/mol. The van der Waals surface area contributed by atoms with Gasteiger partial charge in [-0.3, -0.25) is 9.59 Å². The molecule has 0 atom stereocenters. The molecule has 1 saturated carbocycles. The van der Waals surface area contributed by atoms with Gasteiger partial charge in [-0.15, -0.1) is 0 Å². The zero-order chi connectivity index (χ0) is 18.4. The zero-order valence-electron chi connectivity index (χ0n) is 15.0. The number of carbonyl (C=O) groups excluding carboxylic acids is 2. The molecular formula is C21H24N2O3. The predicted octanol–water partition coefficient (Wildman–Crippen LogP) is 3.30. The van der Waals surface area contributed by atoms with Gasteiger partial charge in [-0.2, -0.15) is 0 Å². The summed E-state index contributed by atoms with van der Waals surface area (Å²) in [6.45, 7) is 0.410. The first-order valence-corrected chi connectivity index (χ1v) is 9.01. The van der Waals surface area contributed by atoms with Crippen LogP contribution in [0.1, 0.15) is 52.0 Å². The number of hydrogen-bond acceptors (Lipinski definition) is 3. The van der Waals surface area contributed by atoms with Crippen molar-refractivity contribution >= 4 is 11.8 Å². The molecule has 0 bridgehead atoms. The molecule has 1 fully saturated rings. The first-order chi connectivity index (χ1) is 12.7. The van der Waals surface area contributed by atoms with Crippen molar-refractivity contribution in [1.82, 2.24) is 10.6 Å². The molecule has 5 heteroatoms. The molecule has 2 aromatic carbocycles. The van der Waals surface area contributed by atoms with E-state index < -0.39 is 0 Å². The molecule has 0 heterocycles. The van der Waals surface area contributed by atoms with Gasteiger partial charge in [0.2, 0.25) is 0 Å². The number of rotatable bonds is 6. The third-order valence-electron chi connectivity index (χ3n) is 4.62. The molecule has 0 spiro atoms. The third-order valence-corrected chi connectivity index (χ3v) is 4.62. The molecular weight excluding hydrogens is 328 g/mol. The second-order valence-corrected chi connectivity index (χ2v) is 6.51. The Labute approximate surface area is 153 Å². The molecule has 0 unspecified atom stereocenters. The Morgan fingerprint density at radius 3 is 2.12 bits per heavy atom. The molecule has 0 radical (unpaired) electrons. The average molecular weight is 352 g/mol. The summed E-state index contributed by atoms with van der Waals surface area (Å²) in [5, 5.41) is 5.47. The van der Waals surface area contributed by atoms with E-state index in [1.807, 2.05) is 24.3 Å². The minimum Gasteiger partial charge on any atom is -0.490 e. The summed E-state index contributed by atoms with van der Waals surface area (Å²) in [5.41, 5.74) is 2.14. The Hall–Kier alpha value is -2.82. The maximum Gasteiger partial charge on any atom is 0.251 e. The average Bonchev–Trinajstić information content (AvgIpc) is 3.19. The van der Waals surface area contributed by atoms with Crippen molar-refractivity contribution < 1.29 is 14.3 Å². The number of benzene rings is 2. The van der Waals surface area contributed by atoms with Crippen molar-refractivity contribution in [2.24, 2.45) is 0 Å². The van der Waals surface area contributed by atoms with Crippen LogP contribution < -0.4 is 15.4 Å². The van der Waals surface area contributed by atoms with Crippen molar-refractivity contribution in [3.8, 4) is 5.75 Å². The van der Waals surface area contributed by atoms with E-state index in [2.05, 4.69) is 10.6 Å². The van der Waals surface area contributed by atoms with Crippen LogP contribution in [0.5, 0.6) is 5.75 Å². The zero-order valence-corrected chi connectivity index (χ0v) is 15.0. The molecule has 26 heavy (non-hydrogen) atoms. The SMILES string of the molecule is CNC(=O)c1ccc(CNC(=O)c2ccc(OC3CCCC3)cc2)cc1. The summed E-state index contributed by atoms with van der Waals surface area (Å²) in [6, 6.07) is 14.4. The summed E-state index contributed by atoms with van der Waals surface area (Å²) in [4.78, 5) is 23.8. The maximum absolute atomic E-state index is 12.3. The monoisotopic (exact) mass is 352 g/mol. The maximum atomic E-state index is 12.3. The van der Waals surface area contributed by atoms with Crippen LogP contribution in [-0.4, -0.2) is 25.0 Å². The highest BCUT2D eigenvalue weighted by Gasteiger charge is 2.16. The Morgan fingerprint density at radius 2 is 1.50 bits per heavy atom. The minimum atomic E-state index is -0.132. The minimum absolute atomic E-state index is 0.125. The van der Waals surface area contributed by atoms with Gasteiger partial charge in [0.15, 0.2) is 0 Å². The molecule has 5 nitrogen and oxygen atoms in total. The van der Waals surface area contributed by atoms with E-state index in [0.717, 1.165) is 24.2 Å². The molecule has 2 amide bonds. The number of hydrogen-bond donors (Lipinski definition) is 2. The van der Waals surface area contributed by atoms with E-state index in [4.69, 9.17) is 4.74 Å². The van der Waals surface area contributed by atoms with Gasteiger partial charge in [0.1, 0.15) is 5.75 Å². The highest BCUT2D eigenvalue weighted by Crippen LogP contribution is 2.24. The third kappa shape index (κ3) is 4.63. The van der Waals surface area contributed by atoms with Crippen molar-refractivity contribution in [1.29, 1.82) is 0 Å². The highest BCUT2D eigenvalue weighted by molar-refractivity contribution is 5.94. The molecule has 3 rings (SSSR count). The quantitative estimate of drug-likeness (QED) is 0.838. The number of ether oxygens (including phenoxy) is 1. The number of carbonyl (C=O) groups is 2. The second-order valence-electron chi connectivity index (χ2n) is 6.51. The standard InChI is InChI=1S/C21H24N2O3/c1-22-20(24)16-8-6-15(7-9-16)14-23-21(25)17-10-12-19(13-11-17)26-18-4-2-3-5-18/h6-13,18H,2-5,14H2,1H3,(H,22,24)(H,23,25). The molecule has 2 N–H and O–H groups in total. The summed E-state index contributed by atoms with van der Waals surface area (Å²) in [6.07, 6.45) is 5.00. The van der Waals surface area contributed by atoms with Crippen LogP contribution >= 0.6 is 0 Å². The first kappa shape index (κ1) is 18.0. The number of amides is 2. The van der Waals surface area contributed by atoms with Crippen LogP contribution in [0.15, 0.2) is 48.5 Å². The summed E-state index contributed by atoms with van der Waals surface area (Å²) in [7, 11) is 1.60. The lowest BCUT2D eigenvalue weighted by Crippen LogP contribution is -2.23. The molecule has 136 valence electrons. The normalized spacial score (nSPS) is 14.0. The van der Waals surface area contributed by atoms with Gasteiger partial charge >= 0.3 is 0 Å². The van der Waals surface area contributed by atoms with Crippen LogP contribution in [0.2, 0.25) is 0 Å². The Bertz CT molecular complexity index is 748. The Morgan fingerprint density at radius 1 is 0.923 bits per heavy atom. The molecule has 2 aromatic rings. The summed E-state index contributed by atoms with van der Waals surface area (Å²) >= 11 is 0. The van der Waals surface area contributed by atoms with Gasteiger partial charge in [0.25, 0.3) is 11.8 Å². The lowest BCUT2D eigenvalue weighted by atomic mass is 10.1. The lowest BCUT2D eigenvalue weighted by Gasteiger charge is -2.13. The number of nitrogens with one attached hydrogen (secondary N) is 2. The summed E-state index contributed by atoms with van der Waals surface area (Å²) in [5.74, 6) is 0.562. The molecule has 0 saturated heterocycles. The van der Waals surface area contributed by atoms with Gasteiger partial charge in [-0.25, -0.2) is 0 Å². The van der Waals surface area contributed by atoms with E-state index in [1.165, 1.54) is 12.8 Å². The van der Waals surface area contributed by atoms with Crippen LogP contribution in [-0.2, 0) is 6.54 Å². The molecule has 1 aliphatic carbocycles. The molecule has 0 aliphatic heterocycles. The van der Waals surface area contributed by atoms with Gasteiger partial charge in [-0.05, 0) is 67.6 Å². The fraction of sp³-hybridized carbons (Fsp3) is 0.333. The Balaban J connectivity index is 1.52. The van der Waals surface area contributed by atoms with Crippen molar-refractivity contribution in [3.05, 3.63) is 65.2 Å². The van der Waals surface area contributed by atoms with E-state index in [1.54, 1.807) is 31.3 Å². The Kier molecular flexibility index (Phi) is 5.89.